The molecule has 0 amide bonds. The van der Waals surface area contributed by atoms with Gasteiger partial charge in [-0.2, -0.15) is 0 Å². The summed E-state index contributed by atoms with van der Waals surface area (Å²) in [4.78, 5) is 0. The maximum atomic E-state index is 5.77. The van der Waals surface area contributed by atoms with Crippen molar-refractivity contribution in [2.75, 3.05) is 5.88 Å². The van der Waals surface area contributed by atoms with Crippen LogP contribution in [0.1, 0.15) is 83.3 Å². The molecule has 0 aromatic heterocycles. The number of hydrogen-bond donors (Lipinski definition) is 0. The standard InChI is InChI=1S/C26H37Cl/c1-25(2,3)26(23-17-11-9-12-18-23,24-19-13-10-14-20-24)21-15-7-5-4-6-8-16-22-27/h9-14,17-20H,4-8,15-16,21-22H2,1-3H3. The third kappa shape index (κ3) is 5.85. The van der Waals surface area contributed by atoms with Crippen molar-refractivity contribution in [1.82, 2.24) is 0 Å². The molecule has 0 aliphatic carbocycles. The van der Waals surface area contributed by atoms with E-state index in [-0.39, 0.29) is 10.8 Å². The number of halogens is 1. The number of unbranched alkanes of at least 4 members (excludes halogenated alkanes) is 6. The highest BCUT2D eigenvalue weighted by Crippen LogP contribution is 2.50. The lowest BCUT2D eigenvalue weighted by molar-refractivity contribution is 0.207. The Kier molecular flexibility index (Phi) is 8.90. The molecule has 0 saturated carbocycles. The normalized spacial score (nSPS) is 12.3. The zero-order valence-electron chi connectivity index (χ0n) is 17.5. The lowest BCUT2D eigenvalue weighted by atomic mass is 9.57. The SMILES string of the molecule is CC(C)(C)C(CCCCCCCCCCl)(c1ccccc1)c1ccccc1. The average molecular weight is 385 g/mol. The molecule has 0 heterocycles. The van der Waals surface area contributed by atoms with E-state index >= 15 is 0 Å². The van der Waals surface area contributed by atoms with Gasteiger partial charge in [-0.1, -0.05) is 120 Å². The molecule has 0 saturated heterocycles. The van der Waals surface area contributed by atoms with Crippen molar-refractivity contribution >= 4 is 11.6 Å². The van der Waals surface area contributed by atoms with Crippen LogP contribution in [0.3, 0.4) is 0 Å². The molecule has 2 aromatic rings. The van der Waals surface area contributed by atoms with E-state index < -0.39 is 0 Å². The molecular weight excluding hydrogens is 348 g/mol. The van der Waals surface area contributed by atoms with Crippen molar-refractivity contribution in [3.63, 3.8) is 0 Å². The molecule has 0 aliphatic rings. The van der Waals surface area contributed by atoms with Crippen LogP contribution >= 0.6 is 11.6 Å². The Labute approximate surface area is 172 Å². The van der Waals surface area contributed by atoms with Gasteiger partial charge in [0.25, 0.3) is 0 Å². The summed E-state index contributed by atoms with van der Waals surface area (Å²) in [5, 5.41) is 0. The van der Waals surface area contributed by atoms with Gasteiger partial charge in [-0.05, 0) is 29.4 Å². The van der Waals surface area contributed by atoms with E-state index in [1.54, 1.807) is 0 Å². The lowest BCUT2D eigenvalue weighted by Crippen LogP contribution is -2.41. The van der Waals surface area contributed by atoms with Crippen molar-refractivity contribution in [2.24, 2.45) is 5.41 Å². The Hall–Kier alpha value is -1.27. The van der Waals surface area contributed by atoms with Gasteiger partial charge in [0.2, 0.25) is 0 Å². The van der Waals surface area contributed by atoms with Crippen LogP contribution in [0.4, 0.5) is 0 Å². The van der Waals surface area contributed by atoms with Crippen LogP contribution in [-0.2, 0) is 5.41 Å². The lowest BCUT2D eigenvalue weighted by Gasteiger charge is -2.46. The molecule has 0 N–H and O–H groups in total. The van der Waals surface area contributed by atoms with Crippen LogP contribution < -0.4 is 0 Å². The fraction of sp³-hybridized carbons (Fsp3) is 0.538. The molecule has 0 spiro atoms. The summed E-state index contributed by atoms with van der Waals surface area (Å²) < 4.78 is 0. The maximum absolute atomic E-state index is 5.77. The maximum Gasteiger partial charge on any atom is 0.0251 e. The van der Waals surface area contributed by atoms with Crippen LogP contribution in [0.5, 0.6) is 0 Å². The minimum absolute atomic E-state index is 0.0497. The van der Waals surface area contributed by atoms with Gasteiger partial charge in [0, 0.05) is 11.3 Å². The van der Waals surface area contributed by atoms with Crippen molar-refractivity contribution < 1.29 is 0 Å². The predicted molar refractivity (Wildman–Crippen MR) is 121 cm³/mol. The molecule has 0 atom stereocenters. The monoisotopic (exact) mass is 384 g/mol. The first-order valence-electron chi connectivity index (χ1n) is 10.7. The van der Waals surface area contributed by atoms with Gasteiger partial charge in [-0.25, -0.2) is 0 Å². The van der Waals surface area contributed by atoms with Crippen molar-refractivity contribution in [1.29, 1.82) is 0 Å². The first kappa shape index (κ1) is 22.0. The second kappa shape index (κ2) is 10.9. The van der Waals surface area contributed by atoms with Crippen LogP contribution in [0, 0.1) is 5.41 Å². The summed E-state index contributed by atoms with van der Waals surface area (Å²) >= 11 is 5.77. The molecule has 2 aromatic carbocycles. The third-order valence-electron chi connectivity index (χ3n) is 6.00. The van der Waals surface area contributed by atoms with Gasteiger partial charge in [0.05, 0.1) is 0 Å². The first-order chi connectivity index (χ1) is 13.0. The zero-order valence-corrected chi connectivity index (χ0v) is 18.3. The highest BCUT2D eigenvalue weighted by Gasteiger charge is 2.44. The number of hydrogen-bond acceptors (Lipinski definition) is 0. The fourth-order valence-electron chi connectivity index (χ4n) is 4.51. The summed E-state index contributed by atoms with van der Waals surface area (Å²) in [5.41, 5.74) is 3.10. The summed E-state index contributed by atoms with van der Waals surface area (Å²) in [7, 11) is 0. The minimum Gasteiger partial charge on any atom is -0.127 e. The zero-order chi connectivity index (χ0) is 19.6. The molecule has 0 unspecified atom stereocenters. The second-order valence-corrected chi connectivity index (χ2v) is 9.18. The van der Waals surface area contributed by atoms with Gasteiger partial charge in [-0.15, -0.1) is 11.6 Å². The molecule has 0 bridgehead atoms. The Bertz CT molecular complexity index is 585. The minimum atomic E-state index is 0.0497. The van der Waals surface area contributed by atoms with E-state index in [9.17, 15) is 0 Å². The van der Waals surface area contributed by atoms with Gasteiger partial charge < -0.3 is 0 Å². The smallest absolute Gasteiger partial charge is 0.0251 e. The van der Waals surface area contributed by atoms with Crippen molar-refractivity contribution in [3.05, 3.63) is 71.8 Å². The molecule has 0 aliphatic heterocycles. The van der Waals surface area contributed by atoms with Crippen molar-refractivity contribution in [2.45, 2.75) is 77.6 Å². The quantitative estimate of drug-likeness (QED) is 0.269. The Morgan fingerprint density at radius 3 is 1.41 bits per heavy atom. The van der Waals surface area contributed by atoms with E-state index in [4.69, 9.17) is 11.6 Å². The van der Waals surface area contributed by atoms with Gasteiger partial charge in [0.1, 0.15) is 0 Å². The average Bonchev–Trinajstić information content (AvgIpc) is 2.67. The van der Waals surface area contributed by atoms with Gasteiger partial charge in [-0.3, -0.25) is 0 Å². The fourth-order valence-corrected chi connectivity index (χ4v) is 4.70. The van der Waals surface area contributed by atoms with E-state index in [0.29, 0.717) is 0 Å². The van der Waals surface area contributed by atoms with Gasteiger partial charge in [0.15, 0.2) is 0 Å². The molecular formula is C26H37Cl. The first-order valence-corrected chi connectivity index (χ1v) is 11.2. The van der Waals surface area contributed by atoms with E-state index in [2.05, 4.69) is 81.4 Å². The topological polar surface area (TPSA) is 0 Å². The highest BCUT2D eigenvalue weighted by molar-refractivity contribution is 6.17. The second-order valence-electron chi connectivity index (χ2n) is 8.80. The van der Waals surface area contributed by atoms with Crippen LogP contribution in [0.25, 0.3) is 0 Å². The molecule has 0 nitrogen and oxygen atoms in total. The largest absolute Gasteiger partial charge is 0.127 e. The molecule has 1 heteroatoms. The summed E-state index contributed by atoms with van der Waals surface area (Å²) in [6.07, 6.45) is 10.2. The molecule has 0 fully saturated rings. The highest BCUT2D eigenvalue weighted by atomic mass is 35.5. The summed E-state index contributed by atoms with van der Waals surface area (Å²) in [6.45, 7) is 7.21. The van der Waals surface area contributed by atoms with Gasteiger partial charge >= 0.3 is 0 Å². The number of rotatable bonds is 11. The number of alkyl halides is 1. The third-order valence-corrected chi connectivity index (χ3v) is 6.27. The molecule has 0 radical (unpaired) electrons. The summed E-state index contributed by atoms with van der Waals surface area (Å²) in [5.74, 6) is 0.808. The van der Waals surface area contributed by atoms with E-state index in [0.717, 1.165) is 12.3 Å². The van der Waals surface area contributed by atoms with Crippen LogP contribution in [0.15, 0.2) is 60.7 Å². The Balaban J connectivity index is 2.15. The molecule has 2 rings (SSSR count). The van der Waals surface area contributed by atoms with Crippen molar-refractivity contribution in [3.8, 4) is 0 Å². The Morgan fingerprint density at radius 2 is 1.00 bits per heavy atom. The molecule has 27 heavy (non-hydrogen) atoms. The van der Waals surface area contributed by atoms with Crippen LogP contribution in [-0.4, -0.2) is 5.88 Å². The Morgan fingerprint density at radius 1 is 0.593 bits per heavy atom. The van der Waals surface area contributed by atoms with Crippen LogP contribution in [0.2, 0.25) is 0 Å². The summed E-state index contributed by atoms with van der Waals surface area (Å²) in [6, 6.07) is 22.3. The molecule has 148 valence electrons. The number of benzene rings is 2. The van der Waals surface area contributed by atoms with E-state index in [1.807, 2.05) is 0 Å². The van der Waals surface area contributed by atoms with E-state index in [1.165, 1.54) is 56.1 Å². The predicted octanol–water partition coefficient (Wildman–Crippen LogP) is 8.38.